The van der Waals surface area contributed by atoms with Gasteiger partial charge in [-0.3, -0.25) is 4.79 Å². The highest BCUT2D eigenvalue weighted by molar-refractivity contribution is 5.72. The van der Waals surface area contributed by atoms with Crippen LogP contribution in [-0.4, -0.2) is 23.2 Å². The van der Waals surface area contributed by atoms with Crippen LogP contribution in [0.2, 0.25) is 0 Å². The SMILES string of the molecule is CCC1CCCC1NC1C2CCC(C2)C1C(=O)O. The summed E-state index contributed by atoms with van der Waals surface area (Å²) in [5.74, 6) is 1.19. The van der Waals surface area contributed by atoms with Gasteiger partial charge in [0.2, 0.25) is 0 Å². The maximum atomic E-state index is 11.5. The third-order valence-corrected chi connectivity index (χ3v) is 5.79. The first-order valence-corrected chi connectivity index (χ1v) is 7.69. The van der Waals surface area contributed by atoms with Gasteiger partial charge in [0, 0.05) is 12.1 Å². The number of hydrogen-bond donors (Lipinski definition) is 2. The van der Waals surface area contributed by atoms with Crippen molar-refractivity contribution in [2.24, 2.45) is 23.7 Å². The van der Waals surface area contributed by atoms with E-state index in [-0.39, 0.29) is 12.0 Å². The van der Waals surface area contributed by atoms with Gasteiger partial charge in [0.15, 0.2) is 0 Å². The zero-order chi connectivity index (χ0) is 12.7. The molecule has 3 nitrogen and oxygen atoms in total. The smallest absolute Gasteiger partial charge is 0.308 e. The van der Waals surface area contributed by atoms with Crippen molar-refractivity contribution >= 4 is 5.97 Å². The van der Waals surface area contributed by atoms with Gasteiger partial charge >= 0.3 is 5.97 Å². The number of nitrogens with one attached hydrogen (secondary N) is 1. The number of carbonyl (C=O) groups is 1. The van der Waals surface area contributed by atoms with E-state index in [4.69, 9.17) is 0 Å². The molecule has 0 spiro atoms. The molecule has 0 aromatic heterocycles. The molecule has 2 N–H and O–H groups in total. The van der Waals surface area contributed by atoms with E-state index in [0.29, 0.717) is 17.9 Å². The van der Waals surface area contributed by atoms with Gasteiger partial charge in [0.1, 0.15) is 0 Å². The molecule has 18 heavy (non-hydrogen) atoms. The van der Waals surface area contributed by atoms with E-state index in [1.165, 1.54) is 32.1 Å². The average Bonchev–Trinajstić information content (AvgIpc) is 3.02. The Kier molecular flexibility index (Phi) is 3.35. The Labute approximate surface area is 109 Å². The Bertz CT molecular complexity index is 330. The summed E-state index contributed by atoms with van der Waals surface area (Å²) in [5, 5.41) is 13.2. The molecular weight excluding hydrogens is 226 g/mol. The maximum Gasteiger partial charge on any atom is 0.308 e. The zero-order valence-corrected chi connectivity index (χ0v) is 11.3. The second-order valence-electron chi connectivity index (χ2n) is 6.60. The topological polar surface area (TPSA) is 49.3 Å². The average molecular weight is 251 g/mol. The summed E-state index contributed by atoms with van der Waals surface area (Å²) in [7, 11) is 0. The standard InChI is InChI=1S/C15H25NO2/c1-2-9-4-3-5-12(9)16-14-11-7-6-10(8-11)13(14)15(17)18/h9-14,16H,2-8H2,1H3,(H,17,18). The number of aliphatic carboxylic acids is 1. The molecule has 0 aromatic carbocycles. The first kappa shape index (κ1) is 12.5. The lowest BCUT2D eigenvalue weighted by molar-refractivity contribution is -0.144. The van der Waals surface area contributed by atoms with Gasteiger partial charge in [0.05, 0.1) is 5.92 Å². The van der Waals surface area contributed by atoms with Crippen molar-refractivity contribution < 1.29 is 9.90 Å². The van der Waals surface area contributed by atoms with E-state index in [1.807, 2.05) is 0 Å². The quantitative estimate of drug-likeness (QED) is 0.807. The molecule has 0 aromatic rings. The third kappa shape index (κ3) is 1.97. The van der Waals surface area contributed by atoms with Gasteiger partial charge in [-0.1, -0.05) is 19.8 Å². The summed E-state index contributed by atoms with van der Waals surface area (Å²) >= 11 is 0. The molecule has 0 saturated heterocycles. The van der Waals surface area contributed by atoms with Gasteiger partial charge in [-0.05, 0) is 49.9 Å². The third-order valence-electron chi connectivity index (χ3n) is 5.79. The number of fused-ring (bicyclic) bond motifs is 2. The number of rotatable bonds is 4. The first-order chi connectivity index (χ1) is 8.70. The van der Waals surface area contributed by atoms with Gasteiger partial charge in [0.25, 0.3) is 0 Å². The highest BCUT2D eigenvalue weighted by Gasteiger charge is 2.51. The summed E-state index contributed by atoms with van der Waals surface area (Å²) in [5.41, 5.74) is 0. The van der Waals surface area contributed by atoms with E-state index >= 15 is 0 Å². The summed E-state index contributed by atoms with van der Waals surface area (Å²) in [6, 6.07) is 0.847. The fourth-order valence-corrected chi connectivity index (χ4v) is 4.88. The second kappa shape index (κ2) is 4.84. The van der Waals surface area contributed by atoms with Crippen molar-refractivity contribution in [3.05, 3.63) is 0 Å². The minimum Gasteiger partial charge on any atom is -0.481 e. The van der Waals surface area contributed by atoms with Gasteiger partial charge in [-0.2, -0.15) is 0 Å². The van der Waals surface area contributed by atoms with Crippen LogP contribution in [0.15, 0.2) is 0 Å². The van der Waals surface area contributed by atoms with Crippen molar-refractivity contribution in [3.8, 4) is 0 Å². The maximum absolute atomic E-state index is 11.5. The fraction of sp³-hybridized carbons (Fsp3) is 0.933. The Hall–Kier alpha value is -0.570. The zero-order valence-electron chi connectivity index (χ0n) is 11.3. The van der Waals surface area contributed by atoms with Crippen LogP contribution in [-0.2, 0) is 4.79 Å². The molecule has 6 unspecified atom stereocenters. The molecule has 3 fully saturated rings. The minimum absolute atomic E-state index is 0.109. The van der Waals surface area contributed by atoms with Crippen LogP contribution >= 0.6 is 0 Å². The molecule has 0 aliphatic heterocycles. The number of carboxylic acids is 1. The molecule has 3 rings (SSSR count). The predicted octanol–water partition coefficient (Wildman–Crippen LogP) is 2.65. The fourth-order valence-electron chi connectivity index (χ4n) is 4.88. The van der Waals surface area contributed by atoms with E-state index in [2.05, 4.69) is 12.2 Å². The number of carboxylic acid groups (broad SMARTS) is 1. The molecule has 0 radical (unpaired) electrons. The van der Waals surface area contributed by atoms with E-state index in [1.54, 1.807) is 0 Å². The second-order valence-corrected chi connectivity index (χ2v) is 6.60. The van der Waals surface area contributed by atoms with Gasteiger partial charge in [-0.25, -0.2) is 0 Å². The lowest BCUT2D eigenvalue weighted by Gasteiger charge is -2.33. The van der Waals surface area contributed by atoms with Crippen LogP contribution in [0.3, 0.4) is 0 Å². The molecular formula is C15H25NO2. The minimum atomic E-state index is -0.564. The molecule has 3 aliphatic rings. The van der Waals surface area contributed by atoms with Crippen molar-refractivity contribution in [3.63, 3.8) is 0 Å². The Morgan fingerprint density at radius 3 is 2.72 bits per heavy atom. The van der Waals surface area contributed by atoms with Crippen LogP contribution in [0.4, 0.5) is 0 Å². The summed E-state index contributed by atoms with van der Waals surface area (Å²) in [6.45, 7) is 2.26. The Balaban J connectivity index is 1.69. The summed E-state index contributed by atoms with van der Waals surface area (Å²) in [4.78, 5) is 11.5. The molecule has 3 aliphatic carbocycles. The molecule has 2 bridgehead atoms. The Morgan fingerprint density at radius 2 is 2.00 bits per heavy atom. The number of hydrogen-bond acceptors (Lipinski definition) is 2. The summed E-state index contributed by atoms with van der Waals surface area (Å²) < 4.78 is 0. The van der Waals surface area contributed by atoms with Crippen LogP contribution in [0.25, 0.3) is 0 Å². The van der Waals surface area contributed by atoms with Crippen LogP contribution in [0, 0.1) is 23.7 Å². The predicted molar refractivity (Wildman–Crippen MR) is 70.3 cm³/mol. The molecule has 0 heterocycles. The monoisotopic (exact) mass is 251 g/mol. The van der Waals surface area contributed by atoms with E-state index in [9.17, 15) is 9.90 Å². The highest BCUT2D eigenvalue weighted by Crippen LogP contribution is 2.49. The van der Waals surface area contributed by atoms with Crippen LogP contribution in [0.1, 0.15) is 51.9 Å². The molecule has 0 amide bonds. The molecule has 3 heteroatoms. The van der Waals surface area contributed by atoms with Crippen LogP contribution in [0.5, 0.6) is 0 Å². The van der Waals surface area contributed by atoms with Gasteiger partial charge < -0.3 is 10.4 Å². The lowest BCUT2D eigenvalue weighted by atomic mass is 9.83. The largest absolute Gasteiger partial charge is 0.481 e. The molecule has 102 valence electrons. The van der Waals surface area contributed by atoms with E-state index in [0.717, 1.165) is 18.8 Å². The summed E-state index contributed by atoms with van der Waals surface area (Å²) in [6.07, 6.45) is 8.66. The lowest BCUT2D eigenvalue weighted by Crippen LogP contribution is -2.49. The molecule has 3 saturated carbocycles. The van der Waals surface area contributed by atoms with Crippen molar-refractivity contribution in [1.29, 1.82) is 0 Å². The van der Waals surface area contributed by atoms with E-state index < -0.39 is 5.97 Å². The van der Waals surface area contributed by atoms with Crippen molar-refractivity contribution in [1.82, 2.24) is 5.32 Å². The highest BCUT2D eigenvalue weighted by atomic mass is 16.4. The molecule has 6 atom stereocenters. The van der Waals surface area contributed by atoms with Gasteiger partial charge in [-0.15, -0.1) is 0 Å². The normalized spacial score (nSPS) is 46.7. The van der Waals surface area contributed by atoms with Crippen molar-refractivity contribution in [2.75, 3.05) is 0 Å². The van der Waals surface area contributed by atoms with Crippen molar-refractivity contribution in [2.45, 2.75) is 64.0 Å². The van der Waals surface area contributed by atoms with Crippen LogP contribution < -0.4 is 5.32 Å². The first-order valence-electron chi connectivity index (χ1n) is 7.69. The Morgan fingerprint density at radius 1 is 1.22 bits per heavy atom.